The first-order chi connectivity index (χ1) is 17.6. The molecule has 0 radical (unpaired) electrons. The van der Waals surface area contributed by atoms with Crippen molar-refractivity contribution in [3.63, 3.8) is 0 Å². The molecular weight excluding hydrogens is 488 g/mol. The van der Waals surface area contributed by atoms with E-state index in [0.717, 1.165) is 39.5 Å². The van der Waals surface area contributed by atoms with Gasteiger partial charge in [0, 0.05) is 42.8 Å². The Hall–Kier alpha value is -4.24. The monoisotopic (exact) mass is 514 g/mol. The van der Waals surface area contributed by atoms with Crippen LogP contribution in [0.15, 0.2) is 76.3 Å². The maximum Gasteiger partial charge on any atom is 0.212 e. The van der Waals surface area contributed by atoms with Crippen LogP contribution in [0.4, 0.5) is 0 Å². The summed E-state index contributed by atoms with van der Waals surface area (Å²) < 4.78 is 37.7. The van der Waals surface area contributed by atoms with Gasteiger partial charge in [-0.2, -0.15) is 0 Å². The topological polar surface area (TPSA) is 100 Å². The number of imidazole rings is 1. The van der Waals surface area contributed by atoms with Crippen molar-refractivity contribution in [2.45, 2.75) is 25.7 Å². The molecule has 0 aliphatic carbocycles. The van der Waals surface area contributed by atoms with Crippen molar-refractivity contribution in [1.82, 2.24) is 19.5 Å². The molecule has 0 atom stereocenters. The molecule has 0 N–H and O–H groups in total. The number of benzene rings is 2. The standard InChI is InChI=1S/C28H26N4O4S/c1-17-16-32(18(2)30-17)25-11-9-21(20-7-6-8-23(13-20)37(5,33)34)14-24(25)27-28(36-19(3)31-27)22-10-12-26(35-4)29-15-22/h6-16H,1-5H3. The number of ether oxygens (including phenoxy) is 1. The van der Waals surface area contributed by atoms with Crippen LogP contribution in [0.25, 0.3) is 39.4 Å². The van der Waals surface area contributed by atoms with Crippen molar-refractivity contribution >= 4 is 9.84 Å². The van der Waals surface area contributed by atoms with Crippen LogP contribution in [0.1, 0.15) is 17.4 Å². The predicted octanol–water partition coefficient (Wildman–Crippen LogP) is 5.59. The lowest BCUT2D eigenvalue weighted by Crippen LogP contribution is -2.00. The molecule has 0 fully saturated rings. The van der Waals surface area contributed by atoms with Crippen LogP contribution in [0, 0.1) is 20.8 Å². The van der Waals surface area contributed by atoms with Crippen molar-refractivity contribution < 1.29 is 17.6 Å². The van der Waals surface area contributed by atoms with Crippen LogP contribution in [0.5, 0.6) is 5.88 Å². The highest BCUT2D eigenvalue weighted by Gasteiger charge is 2.21. The third-order valence-corrected chi connectivity index (χ3v) is 7.16. The highest BCUT2D eigenvalue weighted by Crippen LogP contribution is 2.38. The molecule has 3 aromatic heterocycles. The molecule has 0 aliphatic heterocycles. The Balaban J connectivity index is 1.75. The Morgan fingerprint density at radius 3 is 2.32 bits per heavy atom. The molecule has 5 rings (SSSR count). The lowest BCUT2D eigenvalue weighted by atomic mass is 9.98. The summed E-state index contributed by atoms with van der Waals surface area (Å²) in [6.45, 7) is 5.70. The second-order valence-corrected chi connectivity index (χ2v) is 10.8. The largest absolute Gasteiger partial charge is 0.481 e. The number of aromatic nitrogens is 4. The van der Waals surface area contributed by atoms with Gasteiger partial charge < -0.3 is 13.7 Å². The average molecular weight is 515 g/mol. The Kier molecular flexibility index (Phi) is 6.16. The molecule has 5 aromatic rings. The Labute approximate surface area is 215 Å². The number of hydrogen-bond donors (Lipinski definition) is 0. The smallest absolute Gasteiger partial charge is 0.212 e. The Morgan fingerprint density at radius 1 is 0.919 bits per heavy atom. The summed E-state index contributed by atoms with van der Waals surface area (Å²) >= 11 is 0. The van der Waals surface area contributed by atoms with Crippen molar-refractivity contribution in [3.05, 3.63) is 84.4 Å². The maximum absolute atomic E-state index is 12.2. The molecule has 0 saturated carbocycles. The first-order valence-electron chi connectivity index (χ1n) is 11.6. The molecule has 0 unspecified atom stereocenters. The lowest BCUT2D eigenvalue weighted by Gasteiger charge is -2.14. The first-order valence-corrected chi connectivity index (χ1v) is 13.5. The Morgan fingerprint density at radius 2 is 1.68 bits per heavy atom. The summed E-state index contributed by atoms with van der Waals surface area (Å²) in [5.41, 5.74) is 5.60. The highest BCUT2D eigenvalue weighted by atomic mass is 32.2. The normalized spacial score (nSPS) is 11.6. The number of hydrogen-bond acceptors (Lipinski definition) is 7. The van der Waals surface area contributed by atoms with Gasteiger partial charge in [-0.15, -0.1) is 0 Å². The molecule has 2 aromatic carbocycles. The van der Waals surface area contributed by atoms with Crippen LogP contribution >= 0.6 is 0 Å². The van der Waals surface area contributed by atoms with Gasteiger partial charge >= 0.3 is 0 Å². The van der Waals surface area contributed by atoms with E-state index >= 15 is 0 Å². The van der Waals surface area contributed by atoms with Gasteiger partial charge in [-0.3, -0.25) is 0 Å². The summed E-state index contributed by atoms with van der Waals surface area (Å²) in [5, 5.41) is 0. The third-order valence-electron chi connectivity index (χ3n) is 6.05. The summed E-state index contributed by atoms with van der Waals surface area (Å²) in [7, 11) is -1.78. The predicted molar refractivity (Wildman–Crippen MR) is 142 cm³/mol. The SMILES string of the molecule is COc1ccc(-c2oc(C)nc2-c2cc(-c3cccc(S(C)(=O)=O)c3)ccc2-n2cc(C)nc2C)cn1. The number of pyridine rings is 1. The summed E-state index contributed by atoms with van der Waals surface area (Å²) in [5.74, 6) is 2.41. The second-order valence-electron chi connectivity index (χ2n) is 8.83. The number of nitrogens with zero attached hydrogens (tertiary/aromatic N) is 4. The third kappa shape index (κ3) is 4.77. The van der Waals surface area contributed by atoms with Crippen LogP contribution in [0.2, 0.25) is 0 Å². The van der Waals surface area contributed by atoms with E-state index in [1.54, 1.807) is 44.5 Å². The van der Waals surface area contributed by atoms with Crippen LogP contribution < -0.4 is 4.74 Å². The zero-order valence-electron chi connectivity index (χ0n) is 21.2. The molecule has 0 aliphatic rings. The van der Waals surface area contributed by atoms with Gasteiger partial charge in [0.1, 0.15) is 11.5 Å². The van der Waals surface area contributed by atoms with E-state index in [4.69, 9.17) is 14.1 Å². The molecule has 3 heterocycles. The second kappa shape index (κ2) is 9.33. The van der Waals surface area contributed by atoms with Crippen LogP contribution in [-0.4, -0.2) is 41.3 Å². The number of oxazole rings is 1. The zero-order valence-corrected chi connectivity index (χ0v) is 22.0. The van der Waals surface area contributed by atoms with E-state index < -0.39 is 9.84 Å². The fourth-order valence-electron chi connectivity index (χ4n) is 4.32. The fourth-order valence-corrected chi connectivity index (χ4v) is 4.99. The Bertz CT molecular complexity index is 1720. The number of aryl methyl sites for hydroxylation is 3. The minimum Gasteiger partial charge on any atom is -0.481 e. The van der Waals surface area contributed by atoms with Crippen molar-refractivity contribution in [3.8, 4) is 45.3 Å². The molecule has 0 amide bonds. The van der Waals surface area contributed by atoms with Crippen molar-refractivity contribution in [1.29, 1.82) is 0 Å². The van der Waals surface area contributed by atoms with Crippen molar-refractivity contribution in [2.24, 2.45) is 0 Å². The van der Waals surface area contributed by atoms with Crippen LogP contribution in [-0.2, 0) is 9.84 Å². The van der Waals surface area contributed by atoms with Gasteiger partial charge in [-0.05, 0) is 55.3 Å². The minimum atomic E-state index is -3.35. The molecule has 188 valence electrons. The highest BCUT2D eigenvalue weighted by molar-refractivity contribution is 7.90. The average Bonchev–Trinajstić information content (AvgIpc) is 3.44. The number of rotatable bonds is 6. The molecule has 0 saturated heterocycles. The summed E-state index contributed by atoms with van der Waals surface area (Å²) in [6, 6.07) is 16.5. The van der Waals surface area contributed by atoms with E-state index in [1.165, 1.54) is 6.26 Å². The van der Waals surface area contributed by atoms with E-state index in [1.807, 2.05) is 54.9 Å². The summed E-state index contributed by atoms with van der Waals surface area (Å²) in [4.78, 5) is 13.9. The molecule has 9 heteroatoms. The van der Waals surface area contributed by atoms with Gasteiger partial charge in [-0.25, -0.2) is 23.4 Å². The minimum absolute atomic E-state index is 0.263. The van der Waals surface area contributed by atoms with Crippen LogP contribution in [0.3, 0.4) is 0 Å². The van der Waals surface area contributed by atoms with E-state index in [2.05, 4.69) is 9.97 Å². The van der Waals surface area contributed by atoms with Gasteiger partial charge in [-0.1, -0.05) is 18.2 Å². The van der Waals surface area contributed by atoms with Crippen molar-refractivity contribution in [2.75, 3.05) is 13.4 Å². The number of sulfone groups is 1. The quantitative estimate of drug-likeness (QED) is 0.291. The van der Waals surface area contributed by atoms with Gasteiger partial charge in [0.2, 0.25) is 5.88 Å². The summed E-state index contributed by atoms with van der Waals surface area (Å²) in [6.07, 6.45) is 4.87. The van der Waals surface area contributed by atoms with E-state index in [9.17, 15) is 8.42 Å². The van der Waals surface area contributed by atoms with Gasteiger partial charge in [0.25, 0.3) is 0 Å². The van der Waals surface area contributed by atoms with E-state index in [-0.39, 0.29) is 4.90 Å². The number of methoxy groups -OCH3 is 1. The lowest BCUT2D eigenvalue weighted by molar-refractivity contribution is 0.398. The fraction of sp³-hybridized carbons (Fsp3) is 0.179. The maximum atomic E-state index is 12.2. The van der Waals surface area contributed by atoms with Gasteiger partial charge in [0.15, 0.2) is 21.5 Å². The van der Waals surface area contributed by atoms with E-state index in [0.29, 0.717) is 23.2 Å². The molecular formula is C28H26N4O4S. The molecule has 37 heavy (non-hydrogen) atoms. The molecule has 0 spiro atoms. The first kappa shape index (κ1) is 24.5. The zero-order chi connectivity index (χ0) is 26.3. The molecule has 8 nitrogen and oxygen atoms in total. The van der Waals surface area contributed by atoms with Gasteiger partial charge in [0.05, 0.1) is 23.4 Å². The molecule has 0 bridgehead atoms.